The molecule has 1 aliphatic heterocycles. The molecule has 7 heteroatoms. The first-order valence-electron chi connectivity index (χ1n) is 7.32. The van der Waals surface area contributed by atoms with Crippen molar-refractivity contribution >= 4 is 5.82 Å². The fourth-order valence-corrected chi connectivity index (χ4v) is 2.60. The molecule has 3 heterocycles. The predicted octanol–water partition coefficient (Wildman–Crippen LogP) is 0.507. The second kappa shape index (κ2) is 6.17. The van der Waals surface area contributed by atoms with Crippen LogP contribution in [0.2, 0.25) is 0 Å². The first-order chi connectivity index (χ1) is 10.2. The zero-order valence-corrected chi connectivity index (χ0v) is 12.6. The lowest BCUT2D eigenvalue weighted by atomic mass is 10.3. The van der Waals surface area contributed by atoms with E-state index in [4.69, 9.17) is 0 Å². The van der Waals surface area contributed by atoms with Gasteiger partial charge in [0.1, 0.15) is 18.5 Å². The number of hydrogen-bond donors (Lipinski definition) is 0. The van der Waals surface area contributed by atoms with Crippen LogP contribution in [0.4, 0.5) is 5.82 Å². The van der Waals surface area contributed by atoms with Gasteiger partial charge in [-0.2, -0.15) is 5.10 Å². The molecule has 0 aliphatic carbocycles. The molecule has 1 saturated heterocycles. The van der Waals surface area contributed by atoms with Gasteiger partial charge in [-0.3, -0.25) is 14.6 Å². The Morgan fingerprint density at radius 3 is 2.62 bits per heavy atom. The molecule has 0 N–H and O–H groups in total. The van der Waals surface area contributed by atoms with Crippen LogP contribution in [0.1, 0.15) is 11.4 Å². The molecule has 21 heavy (non-hydrogen) atoms. The molecule has 1 fully saturated rings. The van der Waals surface area contributed by atoms with Crippen molar-refractivity contribution < 1.29 is 0 Å². The van der Waals surface area contributed by atoms with Gasteiger partial charge in [-0.15, -0.1) is 0 Å². The van der Waals surface area contributed by atoms with Crippen molar-refractivity contribution in [3.8, 4) is 0 Å². The minimum atomic E-state index is 0.892. The average Bonchev–Trinajstić information content (AvgIpc) is 3.02. The van der Waals surface area contributed by atoms with Crippen molar-refractivity contribution in [1.29, 1.82) is 0 Å². The van der Waals surface area contributed by atoms with E-state index in [-0.39, 0.29) is 0 Å². The summed E-state index contributed by atoms with van der Waals surface area (Å²) in [7, 11) is 0. The summed E-state index contributed by atoms with van der Waals surface area (Å²) in [5.74, 6) is 1.03. The summed E-state index contributed by atoms with van der Waals surface area (Å²) in [6.45, 7) is 10.0. The number of anilines is 1. The quantitative estimate of drug-likeness (QED) is 0.816. The minimum absolute atomic E-state index is 0.892. The Hall–Kier alpha value is -2.02. The van der Waals surface area contributed by atoms with Crippen LogP contribution in [-0.4, -0.2) is 62.4 Å². The van der Waals surface area contributed by atoms with Gasteiger partial charge in [0.25, 0.3) is 0 Å². The summed E-state index contributed by atoms with van der Waals surface area (Å²) in [6.07, 6.45) is 5.17. The SMILES string of the molecule is Cc1cnc(C)c(N2CCN(CCn3cncn3)CC2)n1. The highest BCUT2D eigenvalue weighted by atomic mass is 15.3. The van der Waals surface area contributed by atoms with Crippen molar-refractivity contribution in [3.05, 3.63) is 30.2 Å². The Bertz CT molecular complexity index is 573. The van der Waals surface area contributed by atoms with Gasteiger partial charge in [0.05, 0.1) is 17.9 Å². The van der Waals surface area contributed by atoms with Gasteiger partial charge in [-0.1, -0.05) is 0 Å². The smallest absolute Gasteiger partial charge is 0.150 e. The Kier molecular flexibility index (Phi) is 4.10. The fourth-order valence-electron chi connectivity index (χ4n) is 2.60. The molecule has 0 saturated carbocycles. The molecular weight excluding hydrogens is 266 g/mol. The van der Waals surface area contributed by atoms with Gasteiger partial charge in [-0.25, -0.2) is 9.97 Å². The largest absolute Gasteiger partial charge is 0.353 e. The number of nitrogens with zero attached hydrogens (tertiary/aromatic N) is 7. The maximum absolute atomic E-state index is 4.63. The van der Waals surface area contributed by atoms with E-state index in [1.54, 1.807) is 12.7 Å². The van der Waals surface area contributed by atoms with E-state index in [2.05, 4.69) is 29.9 Å². The van der Waals surface area contributed by atoms with Gasteiger partial charge in [0.2, 0.25) is 0 Å². The van der Waals surface area contributed by atoms with Crippen molar-refractivity contribution in [2.24, 2.45) is 0 Å². The molecule has 3 rings (SSSR count). The van der Waals surface area contributed by atoms with Gasteiger partial charge in [0, 0.05) is 38.9 Å². The molecule has 7 nitrogen and oxygen atoms in total. The first kappa shape index (κ1) is 13.9. The second-order valence-corrected chi connectivity index (χ2v) is 5.41. The molecule has 0 amide bonds. The van der Waals surface area contributed by atoms with Crippen LogP contribution >= 0.6 is 0 Å². The second-order valence-electron chi connectivity index (χ2n) is 5.41. The lowest BCUT2D eigenvalue weighted by molar-refractivity contribution is 0.244. The highest BCUT2D eigenvalue weighted by Gasteiger charge is 2.19. The molecule has 0 radical (unpaired) electrons. The maximum Gasteiger partial charge on any atom is 0.150 e. The summed E-state index contributed by atoms with van der Waals surface area (Å²) >= 11 is 0. The van der Waals surface area contributed by atoms with Crippen LogP contribution in [0, 0.1) is 13.8 Å². The van der Waals surface area contributed by atoms with Gasteiger partial charge < -0.3 is 4.90 Å². The lowest BCUT2D eigenvalue weighted by Gasteiger charge is -2.35. The van der Waals surface area contributed by atoms with E-state index in [9.17, 15) is 0 Å². The van der Waals surface area contributed by atoms with Crippen LogP contribution in [-0.2, 0) is 6.54 Å². The molecule has 2 aromatic rings. The van der Waals surface area contributed by atoms with Crippen LogP contribution in [0.25, 0.3) is 0 Å². The van der Waals surface area contributed by atoms with Crippen LogP contribution in [0.3, 0.4) is 0 Å². The third kappa shape index (κ3) is 3.36. The number of rotatable bonds is 4. The predicted molar refractivity (Wildman–Crippen MR) is 80.2 cm³/mol. The van der Waals surface area contributed by atoms with Crippen molar-refractivity contribution in [1.82, 2.24) is 29.6 Å². The first-order valence-corrected chi connectivity index (χ1v) is 7.32. The minimum Gasteiger partial charge on any atom is -0.353 e. The van der Waals surface area contributed by atoms with E-state index in [1.165, 1.54) is 0 Å². The Morgan fingerprint density at radius 2 is 1.90 bits per heavy atom. The van der Waals surface area contributed by atoms with E-state index < -0.39 is 0 Å². The standard InChI is InChI=1S/C14H21N7/c1-12-9-16-13(2)14(18-12)20-6-3-19(4-7-20)5-8-21-11-15-10-17-21/h9-11H,3-8H2,1-2H3. The zero-order chi connectivity index (χ0) is 14.7. The Labute approximate surface area is 124 Å². The molecule has 112 valence electrons. The summed E-state index contributed by atoms with van der Waals surface area (Å²) in [4.78, 5) is 17.8. The molecular formula is C14H21N7. The monoisotopic (exact) mass is 287 g/mol. The number of aryl methyl sites for hydroxylation is 2. The number of aromatic nitrogens is 5. The van der Waals surface area contributed by atoms with Crippen LogP contribution in [0.15, 0.2) is 18.9 Å². The molecule has 0 aromatic carbocycles. The third-order valence-corrected chi connectivity index (χ3v) is 3.83. The van der Waals surface area contributed by atoms with Crippen molar-refractivity contribution in [2.45, 2.75) is 20.4 Å². The van der Waals surface area contributed by atoms with Crippen molar-refractivity contribution in [3.63, 3.8) is 0 Å². The van der Waals surface area contributed by atoms with E-state index in [0.717, 1.165) is 56.5 Å². The molecule has 1 aliphatic rings. The van der Waals surface area contributed by atoms with Gasteiger partial charge in [0.15, 0.2) is 0 Å². The maximum atomic E-state index is 4.63. The summed E-state index contributed by atoms with van der Waals surface area (Å²) in [5.41, 5.74) is 1.99. The third-order valence-electron chi connectivity index (χ3n) is 3.83. The van der Waals surface area contributed by atoms with Gasteiger partial charge in [-0.05, 0) is 13.8 Å². The van der Waals surface area contributed by atoms with Crippen molar-refractivity contribution in [2.75, 3.05) is 37.6 Å². The normalized spacial score (nSPS) is 16.4. The molecule has 0 spiro atoms. The van der Waals surface area contributed by atoms with E-state index in [0.29, 0.717) is 0 Å². The van der Waals surface area contributed by atoms with E-state index >= 15 is 0 Å². The van der Waals surface area contributed by atoms with Gasteiger partial charge >= 0.3 is 0 Å². The topological polar surface area (TPSA) is 63.0 Å². The Balaban J connectivity index is 1.54. The van der Waals surface area contributed by atoms with Crippen LogP contribution in [0.5, 0.6) is 0 Å². The summed E-state index contributed by atoms with van der Waals surface area (Å²) in [5, 5.41) is 4.13. The Morgan fingerprint density at radius 1 is 1.10 bits per heavy atom. The zero-order valence-electron chi connectivity index (χ0n) is 12.6. The highest BCUT2D eigenvalue weighted by Crippen LogP contribution is 2.17. The molecule has 0 unspecified atom stereocenters. The summed E-state index contributed by atoms with van der Waals surface area (Å²) < 4.78 is 1.88. The summed E-state index contributed by atoms with van der Waals surface area (Å²) in [6, 6.07) is 0. The van der Waals surface area contributed by atoms with E-state index in [1.807, 2.05) is 24.7 Å². The molecule has 0 bridgehead atoms. The fraction of sp³-hybridized carbons (Fsp3) is 0.571. The molecule has 2 aromatic heterocycles. The average molecular weight is 287 g/mol. The lowest BCUT2D eigenvalue weighted by Crippen LogP contribution is -2.47. The molecule has 0 atom stereocenters. The highest BCUT2D eigenvalue weighted by molar-refractivity contribution is 5.43. The number of piperazine rings is 1. The van der Waals surface area contributed by atoms with Crippen LogP contribution < -0.4 is 4.90 Å². The number of hydrogen-bond acceptors (Lipinski definition) is 6.